The summed E-state index contributed by atoms with van der Waals surface area (Å²) in [7, 11) is 1.49. The lowest BCUT2D eigenvalue weighted by molar-refractivity contribution is -0.137. The highest BCUT2D eigenvalue weighted by Gasteiger charge is 2.31. The van der Waals surface area contributed by atoms with Gasteiger partial charge in [-0.2, -0.15) is 13.2 Å². The maximum atomic E-state index is 13.3. The molecule has 0 unspecified atom stereocenters. The fourth-order valence-electron chi connectivity index (χ4n) is 1.90. The van der Waals surface area contributed by atoms with Gasteiger partial charge in [0.2, 0.25) is 0 Å². The first kappa shape index (κ1) is 15.2. The third-order valence-corrected chi connectivity index (χ3v) is 2.87. The van der Waals surface area contributed by atoms with Crippen molar-refractivity contribution in [3.05, 3.63) is 59.4 Å². The minimum atomic E-state index is -4.57. The minimum absolute atomic E-state index is 0.0568. The van der Waals surface area contributed by atoms with Crippen LogP contribution >= 0.6 is 0 Å². The van der Waals surface area contributed by atoms with Crippen molar-refractivity contribution in [2.24, 2.45) is 0 Å². The predicted octanol–water partition coefficient (Wildman–Crippen LogP) is 4.47. The van der Waals surface area contributed by atoms with Crippen LogP contribution in [-0.2, 0) is 12.7 Å². The summed E-state index contributed by atoms with van der Waals surface area (Å²) in [4.78, 5) is 0. The molecule has 0 atom stereocenters. The minimum Gasteiger partial charge on any atom is -0.495 e. The summed E-state index contributed by atoms with van der Waals surface area (Å²) in [5.74, 6) is -0.355. The molecule has 2 aromatic rings. The number of methoxy groups -OCH3 is 1. The summed E-state index contributed by atoms with van der Waals surface area (Å²) in [6, 6.07) is 9.44. The average Bonchev–Trinajstić information content (AvgIpc) is 2.44. The summed E-state index contributed by atoms with van der Waals surface area (Å²) in [5.41, 5.74) is -0.176. The molecule has 0 aliphatic carbocycles. The maximum Gasteiger partial charge on any atom is 0.416 e. The Morgan fingerprint density at radius 1 is 1.10 bits per heavy atom. The van der Waals surface area contributed by atoms with Gasteiger partial charge in [-0.25, -0.2) is 4.39 Å². The van der Waals surface area contributed by atoms with Crippen LogP contribution in [0.5, 0.6) is 5.75 Å². The van der Waals surface area contributed by atoms with E-state index < -0.39 is 17.6 Å². The van der Waals surface area contributed by atoms with E-state index in [0.29, 0.717) is 17.5 Å². The average molecular weight is 299 g/mol. The van der Waals surface area contributed by atoms with Gasteiger partial charge in [0, 0.05) is 6.54 Å². The molecule has 21 heavy (non-hydrogen) atoms. The van der Waals surface area contributed by atoms with Gasteiger partial charge in [-0.3, -0.25) is 0 Å². The highest BCUT2D eigenvalue weighted by atomic mass is 19.4. The molecule has 0 aromatic heterocycles. The van der Waals surface area contributed by atoms with Crippen LogP contribution in [0.1, 0.15) is 11.1 Å². The number of hydrogen-bond donors (Lipinski definition) is 1. The number of benzene rings is 2. The van der Waals surface area contributed by atoms with Crippen LogP contribution in [0.25, 0.3) is 0 Å². The topological polar surface area (TPSA) is 21.3 Å². The van der Waals surface area contributed by atoms with Gasteiger partial charge in [0.25, 0.3) is 0 Å². The van der Waals surface area contributed by atoms with Crippen LogP contribution in [0, 0.1) is 5.82 Å². The molecule has 0 radical (unpaired) electrons. The highest BCUT2D eigenvalue weighted by Crippen LogP contribution is 2.31. The number of para-hydroxylation sites is 2. The summed E-state index contributed by atoms with van der Waals surface area (Å²) >= 11 is 0. The second kappa shape index (κ2) is 6.03. The van der Waals surface area contributed by atoms with Crippen LogP contribution in [0.2, 0.25) is 0 Å². The van der Waals surface area contributed by atoms with E-state index in [9.17, 15) is 17.6 Å². The van der Waals surface area contributed by atoms with Crippen LogP contribution in [0.15, 0.2) is 42.5 Å². The van der Waals surface area contributed by atoms with E-state index in [1.54, 1.807) is 24.3 Å². The number of nitrogens with one attached hydrogen (secondary N) is 1. The van der Waals surface area contributed by atoms with Crippen LogP contribution in [0.3, 0.4) is 0 Å². The Hall–Kier alpha value is -2.24. The summed E-state index contributed by atoms with van der Waals surface area (Å²) < 4.78 is 56.3. The standard InChI is InChI=1S/C15H13F4NO/c1-21-14-5-3-2-4-13(14)20-9-10-6-11(15(17,18)19)8-12(16)7-10/h2-8,20H,9H2,1H3. The van der Waals surface area contributed by atoms with Gasteiger partial charge in [-0.15, -0.1) is 0 Å². The molecule has 2 aromatic carbocycles. The van der Waals surface area contributed by atoms with Gasteiger partial charge in [0.05, 0.1) is 18.4 Å². The first-order valence-corrected chi connectivity index (χ1v) is 6.13. The quantitative estimate of drug-likeness (QED) is 0.841. The molecule has 0 heterocycles. The number of halogens is 4. The van der Waals surface area contributed by atoms with Crippen molar-refractivity contribution in [2.45, 2.75) is 12.7 Å². The molecule has 2 rings (SSSR count). The van der Waals surface area contributed by atoms with Crippen molar-refractivity contribution in [1.29, 1.82) is 0 Å². The molecule has 0 saturated heterocycles. The van der Waals surface area contributed by atoms with E-state index in [0.717, 1.165) is 12.1 Å². The van der Waals surface area contributed by atoms with Crippen molar-refractivity contribution in [2.75, 3.05) is 12.4 Å². The Morgan fingerprint density at radius 3 is 2.48 bits per heavy atom. The van der Waals surface area contributed by atoms with Gasteiger partial charge in [0.1, 0.15) is 11.6 Å². The zero-order chi connectivity index (χ0) is 15.5. The molecule has 1 N–H and O–H groups in total. The van der Waals surface area contributed by atoms with Crippen molar-refractivity contribution >= 4 is 5.69 Å². The molecular weight excluding hydrogens is 286 g/mol. The van der Waals surface area contributed by atoms with Crippen LogP contribution in [0.4, 0.5) is 23.2 Å². The van der Waals surface area contributed by atoms with Crippen molar-refractivity contribution in [1.82, 2.24) is 0 Å². The monoisotopic (exact) mass is 299 g/mol. The predicted molar refractivity (Wildman–Crippen MR) is 71.7 cm³/mol. The second-order valence-electron chi connectivity index (χ2n) is 4.40. The Balaban J connectivity index is 2.19. The molecule has 0 spiro atoms. The number of rotatable bonds is 4. The Bertz CT molecular complexity index is 625. The smallest absolute Gasteiger partial charge is 0.416 e. The molecular formula is C15H13F4NO. The van der Waals surface area contributed by atoms with Crippen molar-refractivity contribution in [3.8, 4) is 5.75 Å². The Labute approximate surface area is 119 Å². The normalized spacial score (nSPS) is 11.3. The van der Waals surface area contributed by atoms with Gasteiger partial charge < -0.3 is 10.1 Å². The van der Waals surface area contributed by atoms with E-state index in [1.807, 2.05) is 0 Å². The van der Waals surface area contributed by atoms with Crippen LogP contribution in [-0.4, -0.2) is 7.11 Å². The van der Waals surface area contributed by atoms with E-state index >= 15 is 0 Å². The summed E-state index contributed by atoms with van der Waals surface area (Å²) in [6.07, 6.45) is -4.57. The highest BCUT2D eigenvalue weighted by molar-refractivity contribution is 5.56. The lowest BCUT2D eigenvalue weighted by atomic mass is 10.1. The first-order valence-electron chi connectivity index (χ1n) is 6.13. The van der Waals surface area contributed by atoms with Gasteiger partial charge >= 0.3 is 6.18 Å². The molecule has 6 heteroatoms. The lowest BCUT2D eigenvalue weighted by Crippen LogP contribution is -2.08. The number of hydrogen-bond acceptors (Lipinski definition) is 2. The molecule has 0 bridgehead atoms. The fraction of sp³-hybridized carbons (Fsp3) is 0.200. The third-order valence-electron chi connectivity index (χ3n) is 2.87. The molecule has 0 aliphatic heterocycles. The molecule has 0 aliphatic rings. The van der Waals surface area contributed by atoms with Crippen molar-refractivity contribution < 1.29 is 22.3 Å². The molecule has 0 amide bonds. The SMILES string of the molecule is COc1ccccc1NCc1cc(F)cc(C(F)(F)F)c1. The third kappa shape index (κ3) is 3.87. The van der Waals surface area contributed by atoms with E-state index in [-0.39, 0.29) is 12.1 Å². The Morgan fingerprint density at radius 2 is 1.81 bits per heavy atom. The largest absolute Gasteiger partial charge is 0.495 e. The fourth-order valence-corrected chi connectivity index (χ4v) is 1.90. The van der Waals surface area contributed by atoms with E-state index in [2.05, 4.69) is 5.32 Å². The van der Waals surface area contributed by atoms with Crippen molar-refractivity contribution in [3.63, 3.8) is 0 Å². The van der Waals surface area contributed by atoms with E-state index in [4.69, 9.17) is 4.74 Å². The van der Waals surface area contributed by atoms with Gasteiger partial charge in [-0.1, -0.05) is 12.1 Å². The molecule has 0 saturated carbocycles. The zero-order valence-corrected chi connectivity index (χ0v) is 11.2. The van der Waals surface area contributed by atoms with Gasteiger partial charge in [-0.05, 0) is 35.9 Å². The molecule has 2 nitrogen and oxygen atoms in total. The van der Waals surface area contributed by atoms with Crippen LogP contribution < -0.4 is 10.1 Å². The second-order valence-corrected chi connectivity index (χ2v) is 4.40. The summed E-state index contributed by atoms with van der Waals surface area (Å²) in [5, 5.41) is 2.93. The number of ether oxygens (including phenoxy) is 1. The number of alkyl halides is 3. The van der Waals surface area contributed by atoms with E-state index in [1.165, 1.54) is 7.11 Å². The molecule has 112 valence electrons. The number of anilines is 1. The summed E-state index contributed by atoms with van der Waals surface area (Å²) in [6.45, 7) is 0.0568. The zero-order valence-electron chi connectivity index (χ0n) is 11.2. The molecule has 0 fully saturated rings. The maximum absolute atomic E-state index is 13.3. The first-order chi connectivity index (χ1) is 9.90. The lowest BCUT2D eigenvalue weighted by Gasteiger charge is -2.13. The Kier molecular flexibility index (Phi) is 4.35. The van der Waals surface area contributed by atoms with Gasteiger partial charge in [0.15, 0.2) is 0 Å².